The molecule has 4 nitrogen and oxygen atoms in total. The number of nitrogens with one attached hydrogen (secondary N) is 1. The average molecular weight is 277 g/mol. The van der Waals surface area contributed by atoms with Crippen molar-refractivity contribution in [3.8, 4) is 0 Å². The van der Waals surface area contributed by atoms with Gasteiger partial charge >= 0.3 is 0 Å². The molecular formula is C11H17ClN2O2S. The summed E-state index contributed by atoms with van der Waals surface area (Å²) in [6.07, 6.45) is 0.634. The van der Waals surface area contributed by atoms with Gasteiger partial charge in [-0.05, 0) is 31.4 Å². The highest BCUT2D eigenvalue weighted by Crippen LogP contribution is 2.17. The van der Waals surface area contributed by atoms with Gasteiger partial charge in [0, 0.05) is 0 Å². The van der Waals surface area contributed by atoms with Crippen molar-refractivity contribution in [2.45, 2.75) is 27.2 Å². The maximum absolute atomic E-state index is 11.8. The van der Waals surface area contributed by atoms with Crippen LogP contribution < -0.4 is 4.72 Å². The zero-order chi connectivity index (χ0) is 13.1. The average Bonchev–Trinajstić information content (AvgIpc) is 2.20. The summed E-state index contributed by atoms with van der Waals surface area (Å²) < 4.78 is 26.1. The standard InChI is InChI=1S/C11H17ClN2O2S/c1-8(2)6-7-17(15,16)14-10-4-5-11(12)13-9(10)3/h4-5,8,14H,6-7H2,1-3H3. The minimum atomic E-state index is -3.30. The molecule has 0 saturated carbocycles. The van der Waals surface area contributed by atoms with Crippen LogP contribution in [-0.2, 0) is 10.0 Å². The van der Waals surface area contributed by atoms with Crippen LogP contribution in [0.1, 0.15) is 26.0 Å². The van der Waals surface area contributed by atoms with E-state index in [1.54, 1.807) is 19.1 Å². The highest BCUT2D eigenvalue weighted by atomic mass is 35.5. The lowest BCUT2D eigenvalue weighted by Crippen LogP contribution is -2.18. The fraction of sp³-hybridized carbons (Fsp3) is 0.545. The van der Waals surface area contributed by atoms with Gasteiger partial charge in [0.2, 0.25) is 10.0 Å². The summed E-state index contributed by atoms with van der Waals surface area (Å²) in [6, 6.07) is 3.19. The fourth-order valence-electron chi connectivity index (χ4n) is 1.25. The third kappa shape index (κ3) is 4.91. The molecule has 0 spiro atoms. The molecule has 1 aromatic rings. The number of hydrogen-bond acceptors (Lipinski definition) is 3. The van der Waals surface area contributed by atoms with Gasteiger partial charge in [-0.2, -0.15) is 0 Å². The predicted molar refractivity (Wildman–Crippen MR) is 70.8 cm³/mol. The molecule has 0 saturated heterocycles. The van der Waals surface area contributed by atoms with Gasteiger partial charge in [-0.1, -0.05) is 25.4 Å². The Morgan fingerprint density at radius 3 is 2.59 bits per heavy atom. The molecule has 0 unspecified atom stereocenters. The molecular weight excluding hydrogens is 260 g/mol. The number of anilines is 1. The van der Waals surface area contributed by atoms with E-state index in [-0.39, 0.29) is 5.75 Å². The number of sulfonamides is 1. The minimum Gasteiger partial charge on any atom is -0.282 e. The molecule has 0 amide bonds. The van der Waals surface area contributed by atoms with Crippen LogP contribution in [0, 0.1) is 12.8 Å². The summed E-state index contributed by atoms with van der Waals surface area (Å²) in [6.45, 7) is 5.70. The highest BCUT2D eigenvalue weighted by Gasteiger charge is 2.13. The Labute approximate surface area is 107 Å². The third-order valence-electron chi connectivity index (χ3n) is 2.28. The summed E-state index contributed by atoms with van der Waals surface area (Å²) >= 11 is 5.70. The van der Waals surface area contributed by atoms with Gasteiger partial charge in [0.1, 0.15) is 5.15 Å². The molecule has 0 bridgehead atoms. The molecule has 0 aliphatic carbocycles. The summed E-state index contributed by atoms with van der Waals surface area (Å²) in [5.41, 5.74) is 1.06. The number of rotatable bonds is 5. The molecule has 0 radical (unpaired) electrons. The second kappa shape index (κ2) is 5.69. The van der Waals surface area contributed by atoms with Gasteiger partial charge in [0.05, 0.1) is 17.1 Å². The van der Waals surface area contributed by atoms with E-state index in [0.717, 1.165) is 0 Å². The smallest absolute Gasteiger partial charge is 0.232 e. The number of halogens is 1. The van der Waals surface area contributed by atoms with Crippen molar-refractivity contribution in [3.05, 3.63) is 23.0 Å². The van der Waals surface area contributed by atoms with Gasteiger partial charge in [0.15, 0.2) is 0 Å². The number of pyridine rings is 1. The van der Waals surface area contributed by atoms with Gasteiger partial charge in [-0.3, -0.25) is 4.72 Å². The first-order valence-corrected chi connectivity index (χ1v) is 7.47. The SMILES string of the molecule is Cc1nc(Cl)ccc1NS(=O)(=O)CCC(C)C. The highest BCUT2D eigenvalue weighted by molar-refractivity contribution is 7.92. The van der Waals surface area contributed by atoms with Crippen molar-refractivity contribution < 1.29 is 8.42 Å². The quantitative estimate of drug-likeness (QED) is 0.842. The van der Waals surface area contributed by atoms with Crippen molar-refractivity contribution >= 4 is 27.3 Å². The van der Waals surface area contributed by atoms with Crippen molar-refractivity contribution in [1.29, 1.82) is 0 Å². The number of aryl methyl sites for hydroxylation is 1. The summed E-state index contributed by atoms with van der Waals surface area (Å²) in [5, 5.41) is 0.354. The summed E-state index contributed by atoms with van der Waals surface area (Å²) in [5.74, 6) is 0.475. The molecule has 0 fully saturated rings. The van der Waals surface area contributed by atoms with Crippen LogP contribution in [0.25, 0.3) is 0 Å². The summed E-state index contributed by atoms with van der Waals surface area (Å²) in [4.78, 5) is 3.99. The lowest BCUT2D eigenvalue weighted by molar-refractivity contribution is 0.578. The Hall–Kier alpha value is -0.810. The van der Waals surface area contributed by atoms with E-state index >= 15 is 0 Å². The zero-order valence-corrected chi connectivity index (χ0v) is 11.8. The van der Waals surface area contributed by atoms with Crippen LogP contribution in [-0.4, -0.2) is 19.2 Å². The molecule has 0 aliphatic rings. The molecule has 96 valence electrons. The Morgan fingerprint density at radius 1 is 1.41 bits per heavy atom. The molecule has 17 heavy (non-hydrogen) atoms. The van der Waals surface area contributed by atoms with E-state index < -0.39 is 10.0 Å². The first-order valence-electron chi connectivity index (χ1n) is 5.44. The van der Waals surface area contributed by atoms with E-state index in [1.807, 2.05) is 13.8 Å². The normalized spacial score (nSPS) is 11.8. The van der Waals surface area contributed by atoms with Crippen LogP contribution in [0.3, 0.4) is 0 Å². The first-order chi connectivity index (χ1) is 7.80. The predicted octanol–water partition coefficient (Wildman–Crippen LogP) is 2.83. The number of hydrogen-bond donors (Lipinski definition) is 1. The first kappa shape index (κ1) is 14.3. The van der Waals surface area contributed by atoms with Crippen LogP contribution in [0.2, 0.25) is 5.15 Å². The van der Waals surface area contributed by atoms with Gasteiger partial charge in [-0.15, -0.1) is 0 Å². The monoisotopic (exact) mass is 276 g/mol. The van der Waals surface area contributed by atoms with E-state index in [0.29, 0.717) is 28.9 Å². The van der Waals surface area contributed by atoms with Gasteiger partial charge in [0.25, 0.3) is 0 Å². The van der Waals surface area contributed by atoms with Crippen LogP contribution >= 0.6 is 11.6 Å². The van der Waals surface area contributed by atoms with Crippen molar-refractivity contribution in [2.75, 3.05) is 10.5 Å². The van der Waals surface area contributed by atoms with E-state index in [9.17, 15) is 8.42 Å². The molecule has 6 heteroatoms. The maximum atomic E-state index is 11.8. The third-order valence-corrected chi connectivity index (χ3v) is 3.80. The molecule has 0 aliphatic heterocycles. The molecule has 1 heterocycles. The lowest BCUT2D eigenvalue weighted by Gasteiger charge is -2.11. The molecule has 0 atom stereocenters. The van der Waals surface area contributed by atoms with Crippen molar-refractivity contribution in [3.63, 3.8) is 0 Å². The maximum Gasteiger partial charge on any atom is 0.232 e. The Morgan fingerprint density at radius 2 is 2.06 bits per heavy atom. The topological polar surface area (TPSA) is 59.1 Å². The second-order valence-electron chi connectivity index (χ2n) is 4.37. The second-order valence-corrected chi connectivity index (χ2v) is 6.60. The van der Waals surface area contributed by atoms with E-state index in [4.69, 9.17) is 11.6 Å². The zero-order valence-electron chi connectivity index (χ0n) is 10.2. The van der Waals surface area contributed by atoms with Gasteiger partial charge in [-0.25, -0.2) is 13.4 Å². The Kier molecular flexibility index (Phi) is 4.77. The largest absolute Gasteiger partial charge is 0.282 e. The molecule has 1 aromatic heterocycles. The van der Waals surface area contributed by atoms with E-state index in [1.165, 1.54) is 0 Å². The van der Waals surface area contributed by atoms with Crippen LogP contribution in [0.15, 0.2) is 12.1 Å². The van der Waals surface area contributed by atoms with Crippen LogP contribution in [0.4, 0.5) is 5.69 Å². The lowest BCUT2D eigenvalue weighted by atomic mass is 10.2. The summed E-state index contributed by atoms with van der Waals surface area (Å²) in [7, 11) is -3.30. The fourth-order valence-corrected chi connectivity index (χ4v) is 2.87. The number of aromatic nitrogens is 1. The van der Waals surface area contributed by atoms with Crippen LogP contribution in [0.5, 0.6) is 0 Å². The minimum absolute atomic E-state index is 0.118. The molecule has 1 N–H and O–H groups in total. The van der Waals surface area contributed by atoms with E-state index in [2.05, 4.69) is 9.71 Å². The van der Waals surface area contributed by atoms with Crippen molar-refractivity contribution in [1.82, 2.24) is 4.98 Å². The Balaban J connectivity index is 2.76. The van der Waals surface area contributed by atoms with Gasteiger partial charge < -0.3 is 0 Å². The van der Waals surface area contributed by atoms with Crippen molar-refractivity contribution in [2.24, 2.45) is 5.92 Å². The number of nitrogens with zero attached hydrogens (tertiary/aromatic N) is 1. The Bertz CT molecular complexity index is 486. The molecule has 1 rings (SSSR count). The molecule has 0 aromatic carbocycles.